The SMILES string of the molecule is CC(=O)Oc1ccc(C(=O)NCC2(O)CCC(OCc3ccc(F)cc3)CC2)cc1. The van der Waals surface area contributed by atoms with Gasteiger partial charge in [0.25, 0.3) is 5.91 Å². The summed E-state index contributed by atoms with van der Waals surface area (Å²) in [6.07, 6.45) is 2.44. The van der Waals surface area contributed by atoms with Gasteiger partial charge in [-0.25, -0.2) is 4.39 Å². The van der Waals surface area contributed by atoms with Crippen LogP contribution in [0.15, 0.2) is 48.5 Å². The van der Waals surface area contributed by atoms with Crippen molar-refractivity contribution in [3.8, 4) is 5.75 Å². The van der Waals surface area contributed by atoms with Gasteiger partial charge in [0.2, 0.25) is 0 Å². The highest BCUT2D eigenvalue weighted by Crippen LogP contribution is 2.30. The topological polar surface area (TPSA) is 84.9 Å². The van der Waals surface area contributed by atoms with Crippen molar-refractivity contribution in [1.82, 2.24) is 5.32 Å². The number of halogens is 1. The number of hydrogen-bond donors (Lipinski definition) is 2. The third kappa shape index (κ3) is 6.37. The largest absolute Gasteiger partial charge is 0.427 e. The van der Waals surface area contributed by atoms with Crippen molar-refractivity contribution in [2.24, 2.45) is 0 Å². The lowest BCUT2D eigenvalue weighted by atomic mass is 9.83. The molecule has 0 aliphatic heterocycles. The van der Waals surface area contributed by atoms with E-state index in [0.29, 0.717) is 43.6 Å². The Morgan fingerprint density at radius 2 is 1.73 bits per heavy atom. The van der Waals surface area contributed by atoms with Gasteiger partial charge in [-0.15, -0.1) is 0 Å². The summed E-state index contributed by atoms with van der Waals surface area (Å²) < 4.78 is 23.8. The van der Waals surface area contributed by atoms with Crippen LogP contribution in [0.3, 0.4) is 0 Å². The number of carbonyl (C=O) groups excluding carboxylic acids is 2. The van der Waals surface area contributed by atoms with Gasteiger partial charge >= 0.3 is 5.97 Å². The van der Waals surface area contributed by atoms with Crippen LogP contribution in [0, 0.1) is 5.82 Å². The highest BCUT2D eigenvalue weighted by Gasteiger charge is 2.34. The quantitative estimate of drug-likeness (QED) is 0.535. The molecule has 1 aliphatic rings. The normalized spacial score (nSPS) is 21.1. The van der Waals surface area contributed by atoms with Gasteiger partial charge < -0.3 is 19.9 Å². The fourth-order valence-electron chi connectivity index (χ4n) is 3.45. The van der Waals surface area contributed by atoms with Crippen LogP contribution in [0.2, 0.25) is 0 Å². The molecule has 2 N–H and O–H groups in total. The smallest absolute Gasteiger partial charge is 0.308 e. The molecule has 0 aromatic heterocycles. The molecule has 0 radical (unpaired) electrons. The maximum atomic E-state index is 13.0. The van der Waals surface area contributed by atoms with Crippen molar-refractivity contribution in [3.63, 3.8) is 0 Å². The Morgan fingerprint density at radius 1 is 1.10 bits per heavy atom. The summed E-state index contributed by atoms with van der Waals surface area (Å²) in [4.78, 5) is 23.3. The predicted octanol–water partition coefficient (Wildman–Crippen LogP) is 3.37. The Bertz CT molecular complexity index is 858. The van der Waals surface area contributed by atoms with E-state index in [2.05, 4.69) is 5.32 Å². The van der Waals surface area contributed by atoms with Gasteiger partial charge in [-0.2, -0.15) is 0 Å². The molecule has 1 saturated carbocycles. The van der Waals surface area contributed by atoms with Gasteiger partial charge in [-0.05, 0) is 67.6 Å². The van der Waals surface area contributed by atoms with Crippen LogP contribution in [0.4, 0.5) is 4.39 Å². The standard InChI is InChI=1S/C23H26FNO5/c1-16(26)30-21-8-4-18(5-9-21)22(27)25-15-23(28)12-10-20(11-13-23)29-14-17-2-6-19(24)7-3-17/h2-9,20,28H,10-15H2,1H3,(H,25,27). The summed E-state index contributed by atoms with van der Waals surface area (Å²) in [7, 11) is 0. The first kappa shape index (κ1) is 21.9. The molecular formula is C23H26FNO5. The third-order valence-electron chi connectivity index (χ3n) is 5.22. The second-order valence-corrected chi connectivity index (χ2v) is 7.66. The molecule has 3 rings (SSSR count). The molecule has 0 heterocycles. The van der Waals surface area contributed by atoms with Crippen LogP contribution in [-0.2, 0) is 16.1 Å². The minimum absolute atomic E-state index is 0.0276. The molecule has 6 nitrogen and oxygen atoms in total. The lowest BCUT2D eigenvalue weighted by Crippen LogP contribution is -2.46. The number of nitrogens with one attached hydrogen (secondary N) is 1. The van der Waals surface area contributed by atoms with Crippen molar-refractivity contribution >= 4 is 11.9 Å². The summed E-state index contributed by atoms with van der Waals surface area (Å²) in [5, 5.41) is 13.5. The van der Waals surface area contributed by atoms with Crippen LogP contribution < -0.4 is 10.1 Å². The lowest BCUT2D eigenvalue weighted by Gasteiger charge is -2.36. The van der Waals surface area contributed by atoms with Crippen LogP contribution in [0.25, 0.3) is 0 Å². The Kier molecular flexibility index (Phi) is 7.18. The zero-order valence-electron chi connectivity index (χ0n) is 16.9. The third-order valence-corrected chi connectivity index (χ3v) is 5.22. The Hall–Kier alpha value is -2.77. The van der Waals surface area contributed by atoms with Gasteiger partial charge in [0.1, 0.15) is 11.6 Å². The first-order valence-electron chi connectivity index (χ1n) is 9.98. The maximum Gasteiger partial charge on any atom is 0.308 e. The molecule has 0 bridgehead atoms. The predicted molar refractivity (Wildman–Crippen MR) is 108 cm³/mol. The Morgan fingerprint density at radius 3 is 2.33 bits per heavy atom. The van der Waals surface area contributed by atoms with Crippen molar-refractivity contribution in [3.05, 3.63) is 65.5 Å². The van der Waals surface area contributed by atoms with Crippen LogP contribution >= 0.6 is 0 Å². The number of aliphatic hydroxyl groups is 1. The minimum atomic E-state index is -0.969. The number of amides is 1. The van der Waals surface area contributed by atoms with E-state index in [4.69, 9.17) is 9.47 Å². The van der Waals surface area contributed by atoms with Crippen molar-refractivity contribution in [2.45, 2.75) is 50.9 Å². The van der Waals surface area contributed by atoms with Crippen molar-refractivity contribution < 1.29 is 28.6 Å². The fourth-order valence-corrected chi connectivity index (χ4v) is 3.45. The second kappa shape index (κ2) is 9.82. The molecule has 1 amide bonds. The zero-order valence-corrected chi connectivity index (χ0v) is 16.9. The molecule has 2 aromatic carbocycles. The number of benzene rings is 2. The molecule has 1 aliphatic carbocycles. The zero-order chi connectivity index (χ0) is 21.6. The molecule has 1 fully saturated rings. The summed E-state index contributed by atoms with van der Waals surface area (Å²) >= 11 is 0. The van der Waals surface area contributed by atoms with Crippen LogP contribution in [0.1, 0.15) is 48.5 Å². The van der Waals surface area contributed by atoms with Gasteiger partial charge in [0.05, 0.1) is 18.3 Å². The molecule has 30 heavy (non-hydrogen) atoms. The molecule has 0 saturated heterocycles. The van der Waals surface area contributed by atoms with Gasteiger partial charge in [0.15, 0.2) is 0 Å². The number of hydrogen-bond acceptors (Lipinski definition) is 5. The van der Waals surface area contributed by atoms with E-state index >= 15 is 0 Å². The molecular weight excluding hydrogens is 389 g/mol. The molecule has 2 aromatic rings. The molecule has 0 spiro atoms. The number of ether oxygens (including phenoxy) is 2. The number of carbonyl (C=O) groups is 2. The van der Waals surface area contributed by atoms with Crippen molar-refractivity contribution in [2.75, 3.05) is 6.54 Å². The van der Waals surface area contributed by atoms with Gasteiger partial charge in [0, 0.05) is 19.0 Å². The number of rotatable bonds is 7. The first-order chi connectivity index (χ1) is 14.3. The van der Waals surface area contributed by atoms with Crippen LogP contribution in [-0.4, -0.2) is 35.2 Å². The highest BCUT2D eigenvalue weighted by molar-refractivity contribution is 5.94. The molecule has 0 unspecified atom stereocenters. The van der Waals surface area contributed by atoms with E-state index in [0.717, 1.165) is 5.56 Å². The summed E-state index contributed by atoms with van der Waals surface area (Å²) in [6, 6.07) is 12.4. The second-order valence-electron chi connectivity index (χ2n) is 7.66. The molecule has 160 valence electrons. The van der Waals surface area contributed by atoms with Crippen LogP contribution in [0.5, 0.6) is 5.75 Å². The maximum absolute atomic E-state index is 13.0. The monoisotopic (exact) mass is 415 g/mol. The van der Waals surface area contributed by atoms with E-state index in [1.165, 1.54) is 19.1 Å². The van der Waals surface area contributed by atoms with E-state index in [1.807, 2.05) is 0 Å². The first-order valence-corrected chi connectivity index (χ1v) is 9.98. The van der Waals surface area contributed by atoms with E-state index < -0.39 is 11.6 Å². The van der Waals surface area contributed by atoms with Gasteiger partial charge in [-0.1, -0.05) is 12.1 Å². The summed E-state index contributed by atoms with van der Waals surface area (Å²) in [5.74, 6) is -0.625. The highest BCUT2D eigenvalue weighted by atomic mass is 19.1. The van der Waals surface area contributed by atoms with E-state index in [1.54, 1.807) is 36.4 Å². The average Bonchev–Trinajstić information content (AvgIpc) is 2.73. The fraction of sp³-hybridized carbons (Fsp3) is 0.391. The van der Waals surface area contributed by atoms with Crippen molar-refractivity contribution in [1.29, 1.82) is 0 Å². The molecule has 7 heteroatoms. The summed E-state index contributed by atoms with van der Waals surface area (Å²) in [6.45, 7) is 1.87. The Labute approximate surface area is 175 Å². The summed E-state index contributed by atoms with van der Waals surface area (Å²) in [5.41, 5.74) is 0.360. The van der Waals surface area contributed by atoms with E-state index in [-0.39, 0.29) is 24.4 Å². The lowest BCUT2D eigenvalue weighted by molar-refractivity contribution is -0.131. The number of esters is 1. The Balaban J connectivity index is 1.42. The van der Waals surface area contributed by atoms with E-state index in [9.17, 15) is 19.1 Å². The minimum Gasteiger partial charge on any atom is -0.427 e. The van der Waals surface area contributed by atoms with Gasteiger partial charge in [-0.3, -0.25) is 9.59 Å². The molecule has 0 atom stereocenters. The average molecular weight is 415 g/mol.